The van der Waals surface area contributed by atoms with Crippen molar-refractivity contribution in [3.63, 3.8) is 0 Å². The molecule has 2 N–H and O–H groups in total. The summed E-state index contributed by atoms with van der Waals surface area (Å²) < 4.78 is 4.01. The summed E-state index contributed by atoms with van der Waals surface area (Å²) in [4.78, 5) is 6.52. The first-order valence-corrected chi connectivity index (χ1v) is 6.48. The maximum atomic E-state index is 5.52. The van der Waals surface area contributed by atoms with E-state index in [1.807, 2.05) is 11.8 Å². The lowest BCUT2D eigenvalue weighted by Crippen LogP contribution is -2.44. The fourth-order valence-corrected chi connectivity index (χ4v) is 3.36. The van der Waals surface area contributed by atoms with E-state index >= 15 is 0 Å². The summed E-state index contributed by atoms with van der Waals surface area (Å²) in [5.41, 5.74) is 5.52. The Labute approximate surface area is 92.1 Å². The highest BCUT2D eigenvalue weighted by molar-refractivity contribution is 8.00. The first kappa shape index (κ1) is 10.0. The Bertz CT molecular complexity index is 314. The molecule has 1 fully saturated rings. The van der Waals surface area contributed by atoms with Gasteiger partial charge in [0.25, 0.3) is 0 Å². The summed E-state index contributed by atoms with van der Waals surface area (Å²) >= 11 is 3.41. The summed E-state index contributed by atoms with van der Waals surface area (Å²) in [6.07, 6.45) is 0. The summed E-state index contributed by atoms with van der Waals surface area (Å²) in [6, 6.07) is 0.515. The van der Waals surface area contributed by atoms with E-state index < -0.39 is 0 Å². The second-order valence-corrected chi connectivity index (χ2v) is 5.66. The highest BCUT2D eigenvalue weighted by atomic mass is 32.2. The van der Waals surface area contributed by atoms with Crippen molar-refractivity contribution >= 4 is 34.4 Å². The van der Waals surface area contributed by atoms with E-state index in [0.717, 1.165) is 17.4 Å². The molecule has 0 aliphatic carbocycles. The predicted octanol–water partition coefficient (Wildman–Crippen LogP) is 1.45. The van der Waals surface area contributed by atoms with Gasteiger partial charge in [-0.2, -0.15) is 21.1 Å². The van der Waals surface area contributed by atoms with Crippen LogP contribution < -0.4 is 10.6 Å². The minimum Gasteiger partial charge on any atom is -0.367 e. The van der Waals surface area contributed by atoms with Crippen molar-refractivity contribution in [2.24, 2.45) is 0 Å². The molecule has 1 aromatic rings. The summed E-state index contributed by atoms with van der Waals surface area (Å²) in [7, 11) is 0. The molecule has 0 radical (unpaired) electrons. The maximum absolute atomic E-state index is 5.52. The fourth-order valence-electron chi connectivity index (χ4n) is 1.55. The van der Waals surface area contributed by atoms with Gasteiger partial charge >= 0.3 is 0 Å². The molecule has 0 bridgehead atoms. The van der Waals surface area contributed by atoms with Gasteiger partial charge in [-0.1, -0.05) is 6.92 Å². The number of hydrogen-bond donors (Lipinski definition) is 1. The minimum atomic E-state index is 0.392. The maximum Gasteiger partial charge on any atom is 0.233 e. The number of nitrogens with zero attached hydrogens (tertiary/aromatic N) is 3. The predicted molar refractivity (Wildman–Crippen MR) is 63.0 cm³/mol. The van der Waals surface area contributed by atoms with Crippen molar-refractivity contribution in [1.29, 1.82) is 0 Å². The standard InChI is InChI=1S/C8H14N4S2/c1-5-6(2)13-4-3-12(5)8-10-7(9)11-14-8/h5-6H,3-4H2,1-2H3,(H2,9,11). The van der Waals surface area contributed by atoms with E-state index in [4.69, 9.17) is 5.73 Å². The average molecular weight is 230 g/mol. The molecule has 2 atom stereocenters. The number of thioether (sulfide) groups is 1. The molecule has 2 rings (SSSR count). The highest BCUT2D eigenvalue weighted by Crippen LogP contribution is 2.30. The Balaban J connectivity index is 2.17. The second-order valence-electron chi connectivity index (χ2n) is 3.45. The van der Waals surface area contributed by atoms with Gasteiger partial charge in [0.2, 0.25) is 11.1 Å². The van der Waals surface area contributed by atoms with Crippen molar-refractivity contribution in [1.82, 2.24) is 9.36 Å². The largest absolute Gasteiger partial charge is 0.367 e. The Kier molecular flexibility index (Phi) is 2.83. The van der Waals surface area contributed by atoms with Gasteiger partial charge in [0.1, 0.15) is 0 Å². The average Bonchev–Trinajstić information content (AvgIpc) is 2.57. The molecule has 1 saturated heterocycles. The molecule has 4 nitrogen and oxygen atoms in total. The van der Waals surface area contributed by atoms with Crippen LogP contribution in [0.2, 0.25) is 0 Å². The number of hydrogen-bond acceptors (Lipinski definition) is 6. The van der Waals surface area contributed by atoms with Gasteiger partial charge in [-0.3, -0.25) is 0 Å². The zero-order chi connectivity index (χ0) is 10.1. The lowest BCUT2D eigenvalue weighted by molar-refractivity contribution is 0.626. The summed E-state index contributed by atoms with van der Waals surface area (Å²) in [6.45, 7) is 5.53. The van der Waals surface area contributed by atoms with E-state index in [9.17, 15) is 0 Å². The summed E-state index contributed by atoms with van der Waals surface area (Å²) in [5, 5.41) is 1.61. The Morgan fingerprint density at radius 1 is 1.50 bits per heavy atom. The zero-order valence-corrected chi connectivity index (χ0v) is 9.94. The van der Waals surface area contributed by atoms with Crippen LogP contribution in [0.15, 0.2) is 0 Å². The molecule has 1 aromatic heterocycles. The molecule has 1 aliphatic rings. The van der Waals surface area contributed by atoms with Crippen LogP contribution >= 0.6 is 23.3 Å². The van der Waals surface area contributed by atoms with Crippen LogP contribution in [0.25, 0.3) is 0 Å². The van der Waals surface area contributed by atoms with Crippen molar-refractivity contribution in [2.45, 2.75) is 25.1 Å². The highest BCUT2D eigenvalue weighted by Gasteiger charge is 2.27. The van der Waals surface area contributed by atoms with Crippen LogP contribution in [0.1, 0.15) is 13.8 Å². The Hall–Kier alpha value is -0.490. The van der Waals surface area contributed by atoms with Crippen LogP contribution in [0.5, 0.6) is 0 Å². The monoisotopic (exact) mass is 230 g/mol. The van der Waals surface area contributed by atoms with Gasteiger partial charge in [0, 0.05) is 35.1 Å². The second kappa shape index (κ2) is 3.94. The fraction of sp³-hybridized carbons (Fsp3) is 0.750. The minimum absolute atomic E-state index is 0.392. The number of anilines is 2. The van der Waals surface area contributed by atoms with E-state index in [2.05, 4.69) is 28.1 Å². The van der Waals surface area contributed by atoms with Crippen molar-refractivity contribution in [3.8, 4) is 0 Å². The third-order valence-electron chi connectivity index (χ3n) is 2.56. The number of nitrogens with two attached hydrogens (primary N) is 1. The molecular formula is C8H14N4S2. The van der Waals surface area contributed by atoms with Gasteiger partial charge in [-0.25, -0.2) is 0 Å². The summed E-state index contributed by atoms with van der Waals surface area (Å²) in [5.74, 6) is 1.55. The number of rotatable bonds is 1. The SMILES string of the molecule is CC1SCCN(c2nc(N)ns2)C1C. The normalized spacial score (nSPS) is 28.0. The molecule has 0 spiro atoms. The molecule has 78 valence electrons. The molecule has 0 amide bonds. The van der Waals surface area contributed by atoms with Gasteiger partial charge in [0.05, 0.1) is 0 Å². The van der Waals surface area contributed by atoms with Gasteiger partial charge in [-0.05, 0) is 6.92 Å². The van der Waals surface area contributed by atoms with Gasteiger partial charge in [0.15, 0.2) is 0 Å². The molecule has 2 heterocycles. The number of nitrogen functional groups attached to an aromatic ring is 1. The smallest absolute Gasteiger partial charge is 0.233 e. The molecule has 14 heavy (non-hydrogen) atoms. The van der Waals surface area contributed by atoms with Crippen LogP contribution in [0.3, 0.4) is 0 Å². The topological polar surface area (TPSA) is 55.0 Å². The number of aromatic nitrogens is 2. The van der Waals surface area contributed by atoms with Crippen molar-refractivity contribution in [3.05, 3.63) is 0 Å². The molecule has 2 unspecified atom stereocenters. The lowest BCUT2D eigenvalue weighted by atomic mass is 10.2. The Morgan fingerprint density at radius 2 is 2.29 bits per heavy atom. The van der Waals surface area contributed by atoms with Crippen LogP contribution in [0, 0.1) is 0 Å². The lowest BCUT2D eigenvalue weighted by Gasteiger charge is -2.36. The molecular weight excluding hydrogens is 216 g/mol. The molecule has 1 aliphatic heterocycles. The van der Waals surface area contributed by atoms with Crippen LogP contribution in [0.4, 0.5) is 11.1 Å². The first-order chi connectivity index (χ1) is 6.68. The van der Waals surface area contributed by atoms with Crippen LogP contribution in [-0.2, 0) is 0 Å². The third-order valence-corrected chi connectivity index (χ3v) is 4.67. The molecule has 0 saturated carbocycles. The van der Waals surface area contributed by atoms with E-state index in [1.54, 1.807) is 0 Å². The van der Waals surface area contributed by atoms with Gasteiger partial charge < -0.3 is 10.6 Å². The first-order valence-electron chi connectivity index (χ1n) is 4.66. The van der Waals surface area contributed by atoms with E-state index in [-0.39, 0.29) is 0 Å². The van der Waals surface area contributed by atoms with Crippen molar-refractivity contribution in [2.75, 3.05) is 22.9 Å². The third kappa shape index (κ3) is 1.81. The molecule has 0 aromatic carbocycles. The molecule has 6 heteroatoms. The van der Waals surface area contributed by atoms with Crippen molar-refractivity contribution < 1.29 is 0 Å². The van der Waals surface area contributed by atoms with E-state index in [0.29, 0.717) is 17.2 Å². The van der Waals surface area contributed by atoms with E-state index in [1.165, 1.54) is 11.5 Å². The zero-order valence-electron chi connectivity index (χ0n) is 8.30. The van der Waals surface area contributed by atoms with Gasteiger partial charge in [-0.15, -0.1) is 0 Å². The van der Waals surface area contributed by atoms with Crippen LogP contribution in [-0.4, -0.2) is 32.9 Å². The Morgan fingerprint density at radius 3 is 2.93 bits per heavy atom. The quantitative estimate of drug-likeness (QED) is 0.791.